The van der Waals surface area contributed by atoms with Crippen LogP contribution in [0.5, 0.6) is 0 Å². The topological polar surface area (TPSA) is 12.9 Å². The normalized spacial score (nSPS) is 21.8. The Morgan fingerprint density at radius 2 is 1.56 bits per heavy atom. The molecule has 0 N–H and O–H groups in total. The van der Waals surface area contributed by atoms with E-state index in [1.165, 1.54) is 50.5 Å². The van der Waals surface area contributed by atoms with Crippen molar-refractivity contribution in [3.05, 3.63) is 30.1 Å². The maximum absolute atomic E-state index is 4.11. The van der Waals surface area contributed by atoms with E-state index < -0.39 is 0 Å². The van der Waals surface area contributed by atoms with E-state index in [1.807, 2.05) is 12.4 Å². The van der Waals surface area contributed by atoms with Crippen LogP contribution >= 0.6 is 0 Å². The molecule has 2 aliphatic carbocycles. The van der Waals surface area contributed by atoms with Crippen LogP contribution < -0.4 is 0 Å². The highest BCUT2D eigenvalue weighted by Crippen LogP contribution is 2.45. The number of pyridine rings is 1. The third-order valence-electron chi connectivity index (χ3n) is 4.73. The summed E-state index contributed by atoms with van der Waals surface area (Å²) in [4.78, 5) is 4.11. The van der Waals surface area contributed by atoms with Crippen LogP contribution in [0.2, 0.25) is 0 Å². The lowest BCUT2D eigenvalue weighted by Crippen LogP contribution is -2.33. The molecule has 86 valence electrons. The highest BCUT2D eigenvalue weighted by atomic mass is 14.6. The third kappa shape index (κ3) is 2.00. The number of rotatable bonds is 4. The second-order valence-corrected chi connectivity index (χ2v) is 5.61. The summed E-state index contributed by atoms with van der Waals surface area (Å²) in [7, 11) is 0. The van der Waals surface area contributed by atoms with Gasteiger partial charge in [0.05, 0.1) is 0 Å². The van der Waals surface area contributed by atoms with Gasteiger partial charge in [-0.15, -0.1) is 0 Å². The minimum atomic E-state index is 0.977. The molecule has 0 amide bonds. The van der Waals surface area contributed by atoms with Crippen molar-refractivity contribution in [2.75, 3.05) is 0 Å². The van der Waals surface area contributed by atoms with Crippen molar-refractivity contribution in [1.82, 2.24) is 4.98 Å². The Bertz CT molecular complexity index is 311. The molecule has 0 unspecified atom stereocenters. The molecule has 1 aromatic heterocycles. The molecule has 0 atom stereocenters. The molecule has 0 bridgehead atoms. The highest BCUT2D eigenvalue weighted by Gasteiger charge is 2.35. The van der Waals surface area contributed by atoms with Crippen molar-refractivity contribution in [3.63, 3.8) is 0 Å². The first kappa shape index (κ1) is 10.3. The first-order chi connectivity index (χ1) is 7.93. The number of hydrogen-bond donors (Lipinski definition) is 0. The number of nitrogens with zero attached hydrogens (tertiary/aromatic N) is 1. The Morgan fingerprint density at radius 3 is 2.00 bits per heavy atom. The van der Waals surface area contributed by atoms with E-state index in [0.29, 0.717) is 0 Å². The van der Waals surface area contributed by atoms with Crippen LogP contribution in [0.15, 0.2) is 24.5 Å². The third-order valence-corrected chi connectivity index (χ3v) is 4.73. The van der Waals surface area contributed by atoms with Gasteiger partial charge in [0.2, 0.25) is 0 Å². The fourth-order valence-electron chi connectivity index (χ4n) is 3.25. The van der Waals surface area contributed by atoms with Crippen LogP contribution in [-0.4, -0.2) is 4.98 Å². The monoisotopic (exact) mass is 215 g/mol. The molecule has 0 aliphatic heterocycles. The standard InChI is InChI=1S/C15H21N/c1-3-13(4-1)15(14-5-2-6-14)11-12-7-9-16-10-8-12/h7-10,13-15H,1-6,11H2. The summed E-state index contributed by atoms with van der Waals surface area (Å²) >= 11 is 0. The van der Waals surface area contributed by atoms with Crippen LogP contribution in [0.4, 0.5) is 0 Å². The van der Waals surface area contributed by atoms with Gasteiger partial charge in [0.15, 0.2) is 0 Å². The highest BCUT2D eigenvalue weighted by molar-refractivity contribution is 5.11. The molecule has 1 nitrogen and oxygen atoms in total. The molecule has 1 aromatic rings. The van der Waals surface area contributed by atoms with Gasteiger partial charge < -0.3 is 0 Å². The lowest BCUT2D eigenvalue weighted by atomic mass is 9.63. The molecular formula is C15H21N. The molecular weight excluding hydrogens is 194 g/mol. The van der Waals surface area contributed by atoms with Crippen molar-refractivity contribution in [3.8, 4) is 0 Å². The summed E-state index contributed by atoms with van der Waals surface area (Å²) in [5.74, 6) is 3.06. The van der Waals surface area contributed by atoms with Gasteiger partial charge in [0.25, 0.3) is 0 Å². The average Bonchev–Trinajstić information content (AvgIpc) is 2.13. The summed E-state index contributed by atoms with van der Waals surface area (Å²) in [5.41, 5.74) is 1.50. The lowest BCUT2D eigenvalue weighted by molar-refractivity contribution is 0.0928. The predicted octanol–water partition coefficient (Wildman–Crippen LogP) is 3.84. The molecule has 1 heterocycles. The van der Waals surface area contributed by atoms with Gasteiger partial charge in [-0.2, -0.15) is 0 Å². The second kappa shape index (κ2) is 4.57. The molecule has 2 aliphatic rings. The molecule has 1 heteroatoms. The number of aromatic nitrogens is 1. The van der Waals surface area contributed by atoms with E-state index >= 15 is 0 Å². The van der Waals surface area contributed by atoms with Gasteiger partial charge in [-0.1, -0.05) is 38.5 Å². The summed E-state index contributed by atoms with van der Waals surface area (Å²) in [6.45, 7) is 0. The van der Waals surface area contributed by atoms with Gasteiger partial charge in [0.1, 0.15) is 0 Å². The van der Waals surface area contributed by atoms with Crippen molar-refractivity contribution < 1.29 is 0 Å². The summed E-state index contributed by atoms with van der Waals surface area (Å²) in [6.07, 6.45) is 14.1. The Kier molecular flexibility index (Phi) is 2.94. The fourth-order valence-corrected chi connectivity index (χ4v) is 3.25. The predicted molar refractivity (Wildman–Crippen MR) is 66.1 cm³/mol. The molecule has 0 radical (unpaired) electrons. The van der Waals surface area contributed by atoms with E-state index in [1.54, 1.807) is 0 Å². The van der Waals surface area contributed by atoms with Crippen LogP contribution in [0.1, 0.15) is 44.1 Å². The Labute approximate surface area is 98.3 Å². The van der Waals surface area contributed by atoms with Crippen LogP contribution in [0.25, 0.3) is 0 Å². The minimum Gasteiger partial charge on any atom is -0.265 e. The second-order valence-electron chi connectivity index (χ2n) is 5.61. The molecule has 2 fully saturated rings. The van der Waals surface area contributed by atoms with Crippen LogP contribution in [-0.2, 0) is 6.42 Å². The maximum Gasteiger partial charge on any atom is 0.0270 e. The molecule has 0 saturated heterocycles. The Morgan fingerprint density at radius 1 is 1.00 bits per heavy atom. The van der Waals surface area contributed by atoms with Gasteiger partial charge in [-0.05, 0) is 41.9 Å². The Hall–Kier alpha value is -0.850. The zero-order valence-corrected chi connectivity index (χ0v) is 9.94. The zero-order valence-electron chi connectivity index (χ0n) is 9.94. The van der Waals surface area contributed by atoms with Crippen LogP contribution in [0.3, 0.4) is 0 Å². The van der Waals surface area contributed by atoms with E-state index in [-0.39, 0.29) is 0 Å². The van der Waals surface area contributed by atoms with Crippen molar-refractivity contribution in [1.29, 1.82) is 0 Å². The summed E-state index contributed by atoms with van der Waals surface area (Å²) < 4.78 is 0. The SMILES string of the molecule is c1cc(CC(C2CCC2)C2CCC2)ccn1. The van der Waals surface area contributed by atoms with Crippen molar-refractivity contribution in [2.24, 2.45) is 17.8 Å². The summed E-state index contributed by atoms with van der Waals surface area (Å²) in [5, 5.41) is 0. The van der Waals surface area contributed by atoms with E-state index in [9.17, 15) is 0 Å². The summed E-state index contributed by atoms with van der Waals surface area (Å²) in [6, 6.07) is 4.40. The largest absolute Gasteiger partial charge is 0.265 e. The number of hydrogen-bond acceptors (Lipinski definition) is 1. The maximum atomic E-state index is 4.11. The molecule has 0 aromatic carbocycles. The first-order valence-electron chi connectivity index (χ1n) is 6.82. The van der Waals surface area contributed by atoms with Crippen molar-refractivity contribution in [2.45, 2.75) is 44.9 Å². The quantitative estimate of drug-likeness (QED) is 0.743. The lowest BCUT2D eigenvalue weighted by Gasteiger charge is -2.42. The Balaban J connectivity index is 1.68. The molecule has 2 saturated carbocycles. The van der Waals surface area contributed by atoms with Gasteiger partial charge in [0, 0.05) is 12.4 Å². The van der Waals surface area contributed by atoms with Gasteiger partial charge in [-0.3, -0.25) is 4.98 Å². The van der Waals surface area contributed by atoms with Gasteiger partial charge in [-0.25, -0.2) is 0 Å². The smallest absolute Gasteiger partial charge is 0.0270 e. The van der Waals surface area contributed by atoms with E-state index in [0.717, 1.165) is 17.8 Å². The molecule has 16 heavy (non-hydrogen) atoms. The average molecular weight is 215 g/mol. The van der Waals surface area contributed by atoms with Crippen molar-refractivity contribution >= 4 is 0 Å². The van der Waals surface area contributed by atoms with E-state index in [2.05, 4.69) is 17.1 Å². The fraction of sp³-hybridized carbons (Fsp3) is 0.667. The zero-order chi connectivity index (χ0) is 10.8. The van der Waals surface area contributed by atoms with E-state index in [4.69, 9.17) is 0 Å². The minimum absolute atomic E-state index is 0.977. The molecule has 3 rings (SSSR count). The first-order valence-corrected chi connectivity index (χ1v) is 6.82. The van der Waals surface area contributed by atoms with Gasteiger partial charge >= 0.3 is 0 Å². The van der Waals surface area contributed by atoms with Crippen LogP contribution in [0, 0.1) is 17.8 Å². The molecule has 0 spiro atoms.